The lowest BCUT2D eigenvalue weighted by molar-refractivity contribution is 0.236. The van der Waals surface area contributed by atoms with Gasteiger partial charge in [0.05, 0.1) is 6.54 Å². The van der Waals surface area contributed by atoms with Crippen molar-refractivity contribution in [2.45, 2.75) is 20.3 Å². The lowest BCUT2D eigenvalue weighted by Gasteiger charge is -2.09. The van der Waals surface area contributed by atoms with Crippen molar-refractivity contribution in [3.63, 3.8) is 0 Å². The van der Waals surface area contributed by atoms with Crippen LogP contribution in [-0.2, 0) is 0 Å². The quantitative estimate of drug-likeness (QED) is 0.730. The van der Waals surface area contributed by atoms with E-state index < -0.39 is 0 Å². The normalized spacial score (nSPS) is 10.2. The highest BCUT2D eigenvalue weighted by Crippen LogP contribution is 2.07. The van der Waals surface area contributed by atoms with E-state index in [9.17, 15) is 4.79 Å². The number of para-hydroxylation sites is 1. The molecule has 0 aliphatic rings. The molecule has 1 aromatic carbocycles. The first-order chi connectivity index (χ1) is 8.68. The second-order valence-corrected chi connectivity index (χ2v) is 4.53. The fourth-order valence-corrected chi connectivity index (χ4v) is 1.39. The summed E-state index contributed by atoms with van der Waals surface area (Å²) in [5.74, 6) is 1.42. The van der Waals surface area contributed by atoms with Gasteiger partial charge in [0, 0.05) is 6.54 Å². The highest BCUT2D eigenvalue weighted by molar-refractivity contribution is 5.73. The van der Waals surface area contributed by atoms with E-state index in [0.29, 0.717) is 25.6 Å². The van der Waals surface area contributed by atoms with Crippen LogP contribution in [0.5, 0.6) is 5.75 Å². The number of carbonyl (C=O) groups excluding carboxylic acids is 1. The van der Waals surface area contributed by atoms with Crippen molar-refractivity contribution in [3.8, 4) is 5.75 Å². The van der Waals surface area contributed by atoms with Crippen LogP contribution in [0, 0.1) is 5.92 Å². The highest BCUT2D eigenvalue weighted by Gasteiger charge is 2.00. The van der Waals surface area contributed by atoms with Crippen LogP contribution in [0.1, 0.15) is 20.3 Å². The molecule has 0 unspecified atom stereocenters. The van der Waals surface area contributed by atoms with E-state index in [2.05, 4.69) is 24.5 Å². The van der Waals surface area contributed by atoms with Crippen molar-refractivity contribution < 1.29 is 9.53 Å². The zero-order chi connectivity index (χ0) is 13.2. The van der Waals surface area contributed by atoms with E-state index in [1.54, 1.807) is 0 Å². The number of hydrogen-bond acceptors (Lipinski definition) is 2. The zero-order valence-electron chi connectivity index (χ0n) is 11.1. The Morgan fingerprint density at radius 3 is 2.50 bits per heavy atom. The molecule has 0 aliphatic carbocycles. The maximum absolute atomic E-state index is 11.4. The minimum absolute atomic E-state index is 0.132. The molecule has 4 heteroatoms. The van der Waals surface area contributed by atoms with Crippen molar-refractivity contribution >= 4 is 6.03 Å². The summed E-state index contributed by atoms with van der Waals surface area (Å²) in [5, 5.41) is 5.56. The van der Waals surface area contributed by atoms with Crippen molar-refractivity contribution in [1.29, 1.82) is 0 Å². The first-order valence-corrected chi connectivity index (χ1v) is 6.38. The Labute approximate surface area is 109 Å². The molecule has 18 heavy (non-hydrogen) atoms. The predicted octanol–water partition coefficient (Wildman–Crippen LogP) is 2.41. The molecule has 0 spiro atoms. The standard InChI is InChI=1S/C14H22N2O2/c1-12(2)8-9-15-14(17)16-10-11-18-13-6-4-3-5-7-13/h3-7,12H,8-11H2,1-2H3,(H2,15,16,17). The van der Waals surface area contributed by atoms with Crippen LogP contribution in [0.2, 0.25) is 0 Å². The Hall–Kier alpha value is -1.71. The summed E-state index contributed by atoms with van der Waals surface area (Å²) in [6, 6.07) is 9.42. The third kappa shape index (κ3) is 6.78. The Bertz CT molecular complexity index is 339. The third-order valence-electron chi connectivity index (χ3n) is 2.41. The minimum atomic E-state index is -0.132. The van der Waals surface area contributed by atoms with Gasteiger partial charge in [-0.15, -0.1) is 0 Å². The van der Waals surface area contributed by atoms with Gasteiger partial charge in [-0.3, -0.25) is 0 Å². The lowest BCUT2D eigenvalue weighted by atomic mass is 10.1. The Balaban J connectivity index is 2.02. The number of nitrogens with one attached hydrogen (secondary N) is 2. The molecule has 0 heterocycles. The second kappa shape index (κ2) is 8.39. The molecule has 100 valence electrons. The van der Waals surface area contributed by atoms with Gasteiger partial charge in [-0.05, 0) is 24.5 Å². The van der Waals surface area contributed by atoms with Crippen molar-refractivity contribution in [3.05, 3.63) is 30.3 Å². The van der Waals surface area contributed by atoms with Gasteiger partial charge in [-0.25, -0.2) is 4.79 Å². The summed E-state index contributed by atoms with van der Waals surface area (Å²) in [5.41, 5.74) is 0. The zero-order valence-corrected chi connectivity index (χ0v) is 11.1. The first kappa shape index (κ1) is 14.4. The molecule has 0 saturated carbocycles. The molecular weight excluding hydrogens is 228 g/mol. The second-order valence-electron chi connectivity index (χ2n) is 4.53. The van der Waals surface area contributed by atoms with Gasteiger partial charge in [0.1, 0.15) is 12.4 Å². The smallest absolute Gasteiger partial charge is 0.314 e. The van der Waals surface area contributed by atoms with E-state index in [4.69, 9.17) is 4.74 Å². The Morgan fingerprint density at radius 2 is 1.83 bits per heavy atom. The average Bonchev–Trinajstić information content (AvgIpc) is 2.35. The van der Waals surface area contributed by atoms with Gasteiger partial charge in [0.25, 0.3) is 0 Å². The monoisotopic (exact) mass is 250 g/mol. The maximum atomic E-state index is 11.4. The largest absolute Gasteiger partial charge is 0.492 e. The van der Waals surface area contributed by atoms with E-state index in [-0.39, 0.29) is 6.03 Å². The van der Waals surface area contributed by atoms with Crippen LogP contribution in [0.25, 0.3) is 0 Å². The molecule has 0 fully saturated rings. The van der Waals surface area contributed by atoms with Crippen molar-refractivity contribution in [1.82, 2.24) is 10.6 Å². The summed E-state index contributed by atoms with van der Waals surface area (Å²) in [6.45, 7) is 5.95. The molecular formula is C14H22N2O2. The lowest BCUT2D eigenvalue weighted by Crippen LogP contribution is -2.38. The topological polar surface area (TPSA) is 50.4 Å². The molecule has 0 aliphatic heterocycles. The first-order valence-electron chi connectivity index (χ1n) is 6.38. The van der Waals surface area contributed by atoms with Crippen molar-refractivity contribution in [2.24, 2.45) is 5.92 Å². The van der Waals surface area contributed by atoms with E-state index in [1.807, 2.05) is 30.3 Å². The number of ether oxygens (including phenoxy) is 1. The van der Waals surface area contributed by atoms with Crippen LogP contribution in [0.4, 0.5) is 4.79 Å². The van der Waals surface area contributed by atoms with E-state index in [0.717, 1.165) is 12.2 Å². The van der Waals surface area contributed by atoms with Crippen molar-refractivity contribution in [2.75, 3.05) is 19.7 Å². The Morgan fingerprint density at radius 1 is 1.17 bits per heavy atom. The van der Waals surface area contributed by atoms with Crippen LogP contribution >= 0.6 is 0 Å². The molecule has 4 nitrogen and oxygen atoms in total. The molecule has 1 rings (SSSR count). The van der Waals surface area contributed by atoms with E-state index in [1.165, 1.54) is 0 Å². The van der Waals surface area contributed by atoms with Crippen LogP contribution in [-0.4, -0.2) is 25.7 Å². The molecule has 0 bridgehead atoms. The molecule has 0 aromatic heterocycles. The average molecular weight is 250 g/mol. The van der Waals surface area contributed by atoms with Crippen LogP contribution in [0.3, 0.4) is 0 Å². The Kier molecular flexibility index (Phi) is 6.69. The number of rotatable bonds is 7. The van der Waals surface area contributed by atoms with E-state index >= 15 is 0 Å². The van der Waals surface area contributed by atoms with Gasteiger partial charge in [0.2, 0.25) is 0 Å². The molecule has 2 amide bonds. The summed E-state index contributed by atoms with van der Waals surface area (Å²) < 4.78 is 5.46. The van der Waals surface area contributed by atoms with Gasteiger partial charge in [0.15, 0.2) is 0 Å². The number of benzene rings is 1. The highest BCUT2D eigenvalue weighted by atomic mass is 16.5. The minimum Gasteiger partial charge on any atom is -0.492 e. The number of carbonyl (C=O) groups is 1. The molecule has 0 radical (unpaired) electrons. The number of urea groups is 1. The number of amides is 2. The van der Waals surface area contributed by atoms with Gasteiger partial charge < -0.3 is 15.4 Å². The summed E-state index contributed by atoms with van der Waals surface area (Å²) >= 11 is 0. The number of hydrogen-bond donors (Lipinski definition) is 2. The molecule has 0 atom stereocenters. The van der Waals surface area contributed by atoms with Crippen LogP contribution in [0.15, 0.2) is 30.3 Å². The van der Waals surface area contributed by atoms with Gasteiger partial charge >= 0.3 is 6.03 Å². The summed E-state index contributed by atoms with van der Waals surface area (Å²) in [7, 11) is 0. The SMILES string of the molecule is CC(C)CCNC(=O)NCCOc1ccccc1. The maximum Gasteiger partial charge on any atom is 0.314 e. The fourth-order valence-electron chi connectivity index (χ4n) is 1.39. The molecule has 1 aromatic rings. The fraction of sp³-hybridized carbons (Fsp3) is 0.500. The molecule has 0 saturated heterocycles. The van der Waals surface area contributed by atoms with Gasteiger partial charge in [-0.2, -0.15) is 0 Å². The third-order valence-corrected chi connectivity index (χ3v) is 2.41. The van der Waals surface area contributed by atoms with Crippen LogP contribution < -0.4 is 15.4 Å². The molecule has 2 N–H and O–H groups in total. The summed E-state index contributed by atoms with van der Waals surface area (Å²) in [4.78, 5) is 11.4. The van der Waals surface area contributed by atoms with Gasteiger partial charge in [-0.1, -0.05) is 32.0 Å². The summed E-state index contributed by atoms with van der Waals surface area (Å²) in [6.07, 6.45) is 0.994. The predicted molar refractivity (Wildman–Crippen MR) is 72.8 cm³/mol.